The summed E-state index contributed by atoms with van der Waals surface area (Å²) in [6.07, 6.45) is 0. The first-order chi connectivity index (χ1) is 8.76. The Balaban J connectivity index is 0.00000361. The number of carbonyl (C=O) groups is 1. The summed E-state index contributed by atoms with van der Waals surface area (Å²) < 4.78 is 13.2. The predicted molar refractivity (Wildman–Crippen MR) is 82.5 cm³/mol. The molecule has 0 heterocycles. The van der Waals surface area contributed by atoms with Crippen LogP contribution in [0.5, 0.6) is 0 Å². The van der Waals surface area contributed by atoms with Gasteiger partial charge in [0.1, 0.15) is 5.82 Å². The minimum absolute atomic E-state index is 0. The molecule has 3 nitrogen and oxygen atoms in total. The molecule has 0 saturated carbocycles. The average Bonchev–Trinajstić information content (AvgIpc) is 2.36. The molecule has 114 valence electrons. The third kappa shape index (κ3) is 5.10. The van der Waals surface area contributed by atoms with Crippen molar-refractivity contribution in [3.05, 3.63) is 35.6 Å². The van der Waals surface area contributed by atoms with Crippen LogP contribution in [0.4, 0.5) is 4.39 Å². The van der Waals surface area contributed by atoms with Gasteiger partial charge in [-0.25, -0.2) is 4.39 Å². The second kappa shape index (κ2) is 7.60. The third-order valence-corrected chi connectivity index (χ3v) is 3.31. The SMILES string of the molecule is CC(C(=O)N(C)CC(C)(C)CN)c1cccc(F)c1.Cl. The normalized spacial score (nSPS) is 12.5. The van der Waals surface area contributed by atoms with Crippen LogP contribution in [0.1, 0.15) is 32.3 Å². The van der Waals surface area contributed by atoms with E-state index >= 15 is 0 Å². The molecule has 1 rings (SSSR count). The lowest BCUT2D eigenvalue weighted by molar-refractivity contribution is -0.132. The average molecular weight is 303 g/mol. The van der Waals surface area contributed by atoms with Crippen LogP contribution >= 0.6 is 12.4 Å². The van der Waals surface area contributed by atoms with E-state index in [1.165, 1.54) is 12.1 Å². The Morgan fingerprint density at radius 3 is 2.55 bits per heavy atom. The van der Waals surface area contributed by atoms with E-state index in [0.29, 0.717) is 18.7 Å². The highest BCUT2D eigenvalue weighted by atomic mass is 35.5. The van der Waals surface area contributed by atoms with Gasteiger partial charge in [-0.2, -0.15) is 0 Å². The Morgan fingerprint density at radius 1 is 1.45 bits per heavy atom. The molecule has 1 aromatic carbocycles. The zero-order chi connectivity index (χ0) is 14.6. The molecule has 5 heteroatoms. The van der Waals surface area contributed by atoms with Gasteiger partial charge in [0, 0.05) is 13.6 Å². The van der Waals surface area contributed by atoms with E-state index in [1.807, 2.05) is 13.8 Å². The number of halogens is 2. The molecule has 0 spiro atoms. The number of nitrogens with zero attached hydrogens (tertiary/aromatic N) is 1. The first kappa shape index (κ1) is 18.9. The predicted octanol–water partition coefficient (Wildman–Crippen LogP) is 2.79. The minimum atomic E-state index is -0.353. The number of likely N-dealkylation sites (N-methyl/N-ethyl adjacent to an activating group) is 1. The van der Waals surface area contributed by atoms with Gasteiger partial charge in [0.2, 0.25) is 5.91 Å². The molecule has 0 aliphatic carbocycles. The molecule has 2 N–H and O–H groups in total. The molecular weight excluding hydrogens is 279 g/mol. The lowest BCUT2D eigenvalue weighted by Gasteiger charge is -2.30. The van der Waals surface area contributed by atoms with E-state index in [2.05, 4.69) is 0 Å². The Bertz CT molecular complexity index is 451. The lowest BCUT2D eigenvalue weighted by Crippen LogP contribution is -2.41. The quantitative estimate of drug-likeness (QED) is 0.909. The lowest BCUT2D eigenvalue weighted by atomic mass is 9.92. The molecule has 0 radical (unpaired) electrons. The molecule has 20 heavy (non-hydrogen) atoms. The summed E-state index contributed by atoms with van der Waals surface area (Å²) in [4.78, 5) is 14.0. The Morgan fingerprint density at radius 2 is 2.05 bits per heavy atom. The Labute approximate surface area is 126 Å². The van der Waals surface area contributed by atoms with E-state index < -0.39 is 0 Å². The fourth-order valence-electron chi connectivity index (χ4n) is 2.03. The smallest absolute Gasteiger partial charge is 0.229 e. The highest BCUT2D eigenvalue weighted by Gasteiger charge is 2.25. The number of amides is 1. The molecule has 1 amide bonds. The maximum atomic E-state index is 13.2. The third-order valence-electron chi connectivity index (χ3n) is 3.31. The summed E-state index contributed by atoms with van der Waals surface area (Å²) in [5.41, 5.74) is 6.25. The van der Waals surface area contributed by atoms with Gasteiger partial charge in [-0.05, 0) is 36.6 Å². The zero-order valence-electron chi connectivity index (χ0n) is 12.5. The fraction of sp³-hybridized carbons (Fsp3) is 0.533. The Hall–Kier alpha value is -1.13. The molecule has 1 aromatic rings. The molecular formula is C15H24ClFN2O. The fourth-order valence-corrected chi connectivity index (χ4v) is 2.03. The maximum Gasteiger partial charge on any atom is 0.229 e. The van der Waals surface area contributed by atoms with Gasteiger partial charge in [0.05, 0.1) is 5.92 Å². The molecule has 1 atom stereocenters. The number of carbonyl (C=O) groups excluding carboxylic acids is 1. The number of nitrogens with two attached hydrogens (primary N) is 1. The van der Waals surface area contributed by atoms with Gasteiger partial charge < -0.3 is 10.6 Å². The molecule has 0 fully saturated rings. The monoisotopic (exact) mass is 302 g/mol. The van der Waals surface area contributed by atoms with Crippen molar-refractivity contribution in [3.8, 4) is 0 Å². The molecule has 0 aliphatic rings. The zero-order valence-corrected chi connectivity index (χ0v) is 13.3. The summed E-state index contributed by atoms with van der Waals surface area (Å²) >= 11 is 0. The Kier molecular flexibility index (Phi) is 7.17. The van der Waals surface area contributed by atoms with Crippen LogP contribution in [0.2, 0.25) is 0 Å². The van der Waals surface area contributed by atoms with Gasteiger partial charge in [0.15, 0.2) is 0 Å². The van der Waals surface area contributed by atoms with Gasteiger partial charge in [-0.1, -0.05) is 26.0 Å². The molecule has 0 aromatic heterocycles. The van der Waals surface area contributed by atoms with Gasteiger partial charge >= 0.3 is 0 Å². The topological polar surface area (TPSA) is 46.3 Å². The van der Waals surface area contributed by atoms with Crippen LogP contribution in [0.25, 0.3) is 0 Å². The summed E-state index contributed by atoms with van der Waals surface area (Å²) in [6, 6.07) is 6.18. The number of benzene rings is 1. The van der Waals surface area contributed by atoms with E-state index in [9.17, 15) is 9.18 Å². The van der Waals surface area contributed by atoms with Crippen molar-refractivity contribution in [3.63, 3.8) is 0 Å². The largest absolute Gasteiger partial charge is 0.345 e. The van der Waals surface area contributed by atoms with Crippen LogP contribution in [0.3, 0.4) is 0 Å². The van der Waals surface area contributed by atoms with Gasteiger partial charge in [-0.3, -0.25) is 4.79 Å². The standard InChI is InChI=1S/C15H23FN2O.ClH/c1-11(12-6-5-7-13(16)8-12)14(19)18(4)10-15(2,3)9-17;/h5-8,11H,9-10,17H2,1-4H3;1H. The van der Waals surface area contributed by atoms with Crippen molar-refractivity contribution >= 4 is 18.3 Å². The van der Waals surface area contributed by atoms with E-state index in [-0.39, 0.29) is 35.5 Å². The second-order valence-corrected chi connectivity index (χ2v) is 5.84. The first-order valence-electron chi connectivity index (χ1n) is 6.47. The van der Waals surface area contributed by atoms with Crippen molar-refractivity contribution in [2.75, 3.05) is 20.1 Å². The van der Waals surface area contributed by atoms with E-state index in [1.54, 1.807) is 31.0 Å². The van der Waals surface area contributed by atoms with Crippen LogP contribution in [-0.4, -0.2) is 30.9 Å². The second-order valence-electron chi connectivity index (χ2n) is 5.84. The van der Waals surface area contributed by atoms with Crippen LogP contribution in [0, 0.1) is 11.2 Å². The van der Waals surface area contributed by atoms with E-state index in [0.717, 1.165) is 0 Å². The number of hydrogen-bond acceptors (Lipinski definition) is 2. The molecule has 0 bridgehead atoms. The molecule has 0 saturated heterocycles. The van der Waals surface area contributed by atoms with Crippen molar-refractivity contribution in [1.29, 1.82) is 0 Å². The van der Waals surface area contributed by atoms with Crippen molar-refractivity contribution in [2.45, 2.75) is 26.7 Å². The summed E-state index contributed by atoms with van der Waals surface area (Å²) in [5, 5.41) is 0. The van der Waals surface area contributed by atoms with Crippen molar-refractivity contribution < 1.29 is 9.18 Å². The number of rotatable bonds is 5. The highest BCUT2D eigenvalue weighted by Crippen LogP contribution is 2.21. The summed E-state index contributed by atoms with van der Waals surface area (Å²) in [7, 11) is 1.76. The van der Waals surface area contributed by atoms with Gasteiger partial charge in [-0.15, -0.1) is 12.4 Å². The maximum absolute atomic E-state index is 13.2. The first-order valence-corrected chi connectivity index (χ1v) is 6.47. The molecule has 1 unspecified atom stereocenters. The van der Waals surface area contributed by atoms with Crippen LogP contribution < -0.4 is 5.73 Å². The van der Waals surface area contributed by atoms with E-state index in [4.69, 9.17) is 5.73 Å². The number of hydrogen-bond donors (Lipinski definition) is 1. The van der Waals surface area contributed by atoms with Crippen LogP contribution in [0.15, 0.2) is 24.3 Å². The summed E-state index contributed by atoms with van der Waals surface area (Å²) in [5.74, 6) is -0.691. The molecule has 0 aliphatic heterocycles. The van der Waals surface area contributed by atoms with Crippen molar-refractivity contribution in [2.24, 2.45) is 11.1 Å². The highest BCUT2D eigenvalue weighted by molar-refractivity contribution is 5.85. The van der Waals surface area contributed by atoms with Gasteiger partial charge in [0.25, 0.3) is 0 Å². The van der Waals surface area contributed by atoms with Crippen molar-refractivity contribution in [1.82, 2.24) is 4.90 Å². The van der Waals surface area contributed by atoms with Crippen LogP contribution in [-0.2, 0) is 4.79 Å². The summed E-state index contributed by atoms with van der Waals surface area (Å²) in [6.45, 7) is 6.93. The minimum Gasteiger partial charge on any atom is -0.345 e.